The molecule has 0 aliphatic heterocycles. The number of pyridine rings is 1. The van der Waals surface area contributed by atoms with Crippen LogP contribution in [0.5, 0.6) is 0 Å². The van der Waals surface area contributed by atoms with Crippen LogP contribution in [0.1, 0.15) is 21.7 Å². The quantitative estimate of drug-likeness (QED) is 0.512. The highest BCUT2D eigenvalue weighted by Gasteiger charge is 2.09. The number of nitrogens with one attached hydrogen (secondary N) is 1. The Morgan fingerprint density at radius 1 is 1.19 bits per heavy atom. The largest absolute Gasteiger partial charge is 0.307 e. The monoisotopic (exact) mass is 380 g/mol. The molecule has 4 rings (SSSR count). The Hall–Kier alpha value is -2.64. The molecule has 7 heteroatoms. The summed E-state index contributed by atoms with van der Waals surface area (Å²) in [5.41, 5.74) is 3.51. The number of benzene rings is 1. The van der Waals surface area contributed by atoms with E-state index >= 15 is 0 Å². The maximum atomic E-state index is 12.2. The average molecular weight is 380 g/mol. The van der Waals surface area contributed by atoms with Crippen LogP contribution in [0.4, 0.5) is 5.13 Å². The predicted molar refractivity (Wildman–Crippen MR) is 106 cm³/mol. The highest BCUT2D eigenvalue weighted by atomic mass is 32.2. The lowest BCUT2D eigenvalue weighted by atomic mass is 10.2. The molecule has 0 spiro atoms. The minimum Gasteiger partial charge on any atom is -0.307 e. The fourth-order valence-corrected chi connectivity index (χ4v) is 3.96. The number of hydrogen-bond acceptors (Lipinski definition) is 5. The molecule has 0 bridgehead atoms. The van der Waals surface area contributed by atoms with E-state index in [9.17, 15) is 4.79 Å². The Kier molecular flexibility index (Phi) is 4.73. The number of rotatable bonds is 5. The summed E-state index contributed by atoms with van der Waals surface area (Å²) in [6.45, 7) is 1.90. The molecular formula is C19H16N4OS2. The number of anilines is 1. The number of carbonyl (C=O) groups excluding carboxylic acids is 1. The molecule has 26 heavy (non-hydrogen) atoms. The highest BCUT2D eigenvalue weighted by Crippen LogP contribution is 2.23. The van der Waals surface area contributed by atoms with E-state index in [0.29, 0.717) is 10.7 Å². The fourth-order valence-electron chi connectivity index (χ4n) is 2.50. The molecule has 0 unspecified atom stereocenters. The molecule has 4 aromatic rings. The van der Waals surface area contributed by atoms with Gasteiger partial charge < -0.3 is 4.40 Å². The third-order valence-corrected chi connectivity index (χ3v) is 5.68. The second kappa shape index (κ2) is 7.31. The number of fused-ring (bicyclic) bond motifs is 1. The lowest BCUT2D eigenvalue weighted by Gasteiger charge is -2.03. The summed E-state index contributed by atoms with van der Waals surface area (Å²) in [5.74, 6) is 0.641. The second-order valence-electron chi connectivity index (χ2n) is 5.76. The van der Waals surface area contributed by atoms with Crippen LogP contribution in [0, 0.1) is 6.92 Å². The number of imidazole rings is 1. The van der Waals surface area contributed by atoms with Gasteiger partial charge in [0.25, 0.3) is 5.91 Å². The number of nitrogens with zero attached hydrogens (tertiary/aromatic N) is 3. The Morgan fingerprint density at radius 2 is 2.04 bits per heavy atom. The van der Waals surface area contributed by atoms with Crippen LogP contribution in [-0.2, 0) is 5.75 Å². The first kappa shape index (κ1) is 16.8. The van der Waals surface area contributed by atoms with Crippen molar-refractivity contribution in [2.75, 3.05) is 5.32 Å². The predicted octanol–water partition coefficient (Wildman–Crippen LogP) is 4.64. The van der Waals surface area contributed by atoms with Gasteiger partial charge in [0.1, 0.15) is 5.65 Å². The van der Waals surface area contributed by atoms with Crippen molar-refractivity contribution in [1.82, 2.24) is 14.4 Å². The minimum absolute atomic E-state index is 0.142. The molecule has 3 aromatic heterocycles. The van der Waals surface area contributed by atoms with Crippen molar-refractivity contribution in [2.45, 2.75) is 17.6 Å². The van der Waals surface area contributed by atoms with Crippen molar-refractivity contribution in [3.05, 3.63) is 77.2 Å². The number of amides is 1. The van der Waals surface area contributed by atoms with Crippen molar-refractivity contribution >= 4 is 39.8 Å². The van der Waals surface area contributed by atoms with Gasteiger partial charge in [-0.2, -0.15) is 0 Å². The Balaban J connectivity index is 1.38. The van der Waals surface area contributed by atoms with Crippen molar-refractivity contribution in [3.8, 4) is 0 Å². The summed E-state index contributed by atoms with van der Waals surface area (Å²) in [5, 5.41) is 5.35. The molecule has 0 atom stereocenters. The SMILES string of the molecule is Cc1csc(NC(=O)c2ccc(SCc3cn4ccccc4n3)cc2)n1. The molecule has 1 aromatic carbocycles. The van der Waals surface area contributed by atoms with Crippen LogP contribution in [0.25, 0.3) is 5.65 Å². The zero-order chi connectivity index (χ0) is 17.9. The van der Waals surface area contributed by atoms with Gasteiger partial charge in [-0.1, -0.05) is 6.07 Å². The number of thiazole rings is 1. The topological polar surface area (TPSA) is 59.3 Å². The maximum absolute atomic E-state index is 12.2. The van der Waals surface area contributed by atoms with Crippen LogP contribution in [0.2, 0.25) is 0 Å². The number of thioether (sulfide) groups is 1. The third kappa shape index (κ3) is 3.79. The number of aryl methyl sites for hydroxylation is 1. The van der Waals surface area contributed by atoms with E-state index in [0.717, 1.165) is 27.7 Å². The molecule has 1 amide bonds. The van der Waals surface area contributed by atoms with Crippen LogP contribution in [0.15, 0.2) is 65.1 Å². The maximum Gasteiger partial charge on any atom is 0.257 e. The molecule has 5 nitrogen and oxygen atoms in total. The van der Waals surface area contributed by atoms with E-state index in [1.54, 1.807) is 11.8 Å². The summed E-state index contributed by atoms with van der Waals surface area (Å²) >= 11 is 3.13. The zero-order valence-corrected chi connectivity index (χ0v) is 15.7. The summed E-state index contributed by atoms with van der Waals surface area (Å²) in [6.07, 6.45) is 4.04. The normalized spacial score (nSPS) is 11.0. The van der Waals surface area contributed by atoms with E-state index in [4.69, 9.17) is 0 Å². The number of aromatic nitrogens is 3. The van der Waals surface area contributed by atoms with Crippen LogP contribution < -0.4 is 5.32 Å². The first-order valence-electron chi connectivity index (χ1n) is 8.06. The average Bonchev–Trinajstić information content (AvgIpc) is 3.25. The molecule has 0 aliphatic rings. The molecule has 0 saturated heterocycles. The van der Waals surface area contributed by atoms with E-state index in [-0.39, 0.29) is 5.91 Å². The first-order chi connectivity index (χ1) is 12.7. The lowest BCUT2D eigenvalue weighted by molar-refractivity contribution is 0.102. The molecule has 1 N–H and O–H groups in total. The first-order valence-corrected chi connectivity index (χ1v) is 9.93. The molecule has 0 aliphatic carbocycles. The molecule has 0 radical (unpaired) electrons. The van der Waals surface area contributed by atoms with Crippen molar-refractivity contribution in [3.63, 3.8) is 0 Å². The van der Waals surface area contributed by atoms with Gasteiger partial charge in [0.05, 0.1) is 11.4 Å². The van der Waals surface area contributed by atoms with Crippen LogP contribution in [0.3, 0.4) is 0 Å². The molecule has 130 valence electrons. The van der Waals surface area contributed by atoms with Crippen molar-refractivity contribution in [2.24, 2.45) is 0 Å². The van der Waals surface area contributed by atoms with Gasteiger partial charge in [-0.25, -0.2) is 9.97 Å². The summed E-state index contributed by atoms with van der Waals surface area (Å²) in [6, 6.07) is 13.6. The summed E-state index contributed by atoms with van der Waals surface area (Å²) in [7, 11) is 0. The van der Waals surface area contributed by atoms with Gasteiger partial charge in [-0.15, -0.1) is 23.1 Å². The van der Waals surface area contributed by atoms with Gasteiger partial charge in [-0.05, 0) is 43.3 Å². The Labute approximate surface area is 159 Å². The van der Waals surface area contributed by atoms with E-state index in [2.05, 4.69) is 15.3 Å². The number of hydrogen-bond donors (Lipinski definition) is 1. The van der Waals surface area contributed by atoms with Gasteiger partial charge in [0, 0.05) is 34.0 Å². The summed E-state index contributed by atoms with van der Waals surface area (Å²) < 4.78 is 2.02. The van der Waals surface area contributed by atoms with E-state index < -0.39 is 0 Å². The smallest absolute Gasteiger partial charge is 0.257 e. The van der Waals surface area contributed by atoms with E-state index in [1.165, 1.54) is 11.3 Å². The standard InChI is InChI=1S/C19H16N4OS2/c1-13-11-26-19(20-13)22-18(24)14-5-7-16(8-6-14)25-12-15-10-23-9-3-2-4-17(23)21-15/h2-11H,12H2,1H3,(H,20,22,24). The molecule has 0 fully saturated rings. The zero-order valence-electron chi connectivity index (χ0n) is 14.0. The van der Waals surface area contributed by atoms with Crippen LogP contribution in [-0.4, -0.2) is 20.3 Å². The van der Waals surface area contributed by atoms with Gasteiger partial charge in [0.2, 0.25) is 0 Å². The van der Waals surface area contributed by atoms with E-state index in [1.807, 2.05) is 71.6 Å². The second-order valence-corrected chi connectivity index (χ2v) is 7.67. The lowest BCUT2D eigenvalue weighted by Crippen LogP contribution is -2.11. The molecular weight excluding hydrogens is 364 g/mol. The minimum atomic E-state index is -0.142. The van der Waals surface area contributed by atoms with Crippen molar-refractivity contribution in [1.29, 1.82) is 0 Å². The van der Waals surface area contributed by atoms with Crippen LogP contribution >= 0.6 is 23.1 Å². The molecule has 3 heterocycles. The fraction of sp³-hybridized carbons (Fsp3) is 0.105. The van der Waals surface area contributed by atoms with Gasteiger partial charge in [-0.3, -0.25) is 10.1 Å². The van der Waals surface area contributed by atoms with Gasteiger partial charge in [0.15, 0.2) is 5.13 Å². The number of carbonyl (C=O) groups is 1. The Morgan fingerprint density at radius 3 is 2.77 bits per heavy atom. The van der Waals surface area contributed by atoms with Crippen molar-refractivity contribution < 1.29 is 4.79 Å². The highest BCUT2D eigenvalue weighted by molar-refractivity contribution is 7.98. The third-order valence-electron chi connectivity index (χ3n) is 3.76. The van der Waals surface area contributed by atoms with Gasteiger partial charge >= 0.3 is 0 Å². The molecule has 0 saturated carbocycles. The summed E-state index contributed by atoms with van der Waals surface area (Å²) in [4.78, 5) is 22.2. The Bertz CT molecular complexity index is 1020.